The second kappa shape index (κ2) is 7.82. The summed E-state index contributed by atoms with van der Waals surface area (Å²) in [5.41, 5.74) is 0.0777. The van der Waals surface area contributed by atoms with Gasteiger partial charge in [0.25, 0.3) is 5.91 Å². The van der Waals surface area contributed by atoms with Crippen LogP contribution < -0.4 is 10.6 Å². The van der Waals surface area contributed by atoms with Crippen LogP contribution in [0, 0.1) is 0 Å². The molecule has 3 N–H and O–H groups in total. The molecule has 7 heteroatoms. The molecular weight excluding hydrogens is 288 g/mol. The van der Waals surface area contributed by atoms with E-state index in [9.17, 15) is 14.4 Å². The molecule has 1 aromatic rings. The van der Waals surface area contributed by atoms with Gasteiger partial charge in [0, 0.05) is 6.04 Å². The van der Waals surface area contributed by atoms with Gasteiger partial charge in [-0.15, -0.1) is 0 Å². The van der Waals surface area contributed by atoms with E-state index in [1.807, 2.05) is 0 Å². The zero-order chi connectivity index (χ0) is 16.7. The molecule has 0 heterocycles. The van der Waals surface area contributed by atoms with Crippen LogP contribution in [-0.4, -0.2) is 36.1 Å². The molecular formula is C15H18N2O5. The first-order valence-corrected chi connectivity index (χ1v) is 6.55. The molecule has 0 fully saturated rings. The normalized spacial score (nSPS) is 11.0. The van der Waals surface area contributed by atoms with Crippen molar-refractivity contribution in [1.82, 2.24) is 5.32 Å². The van der Waals surface area contributed by atoms with Crippen molar-refractivity contribution in [2.75, 3.05) is 12.4 Å². The molecule has 0 aliphatic carbocycles. The number of aromatic carboxylic acids is 1. The summed E-state index contributed by atoms with van der Waals surface area (Å²) in [7, 11) is 1.18. The third-order valence-electron chi connectivity index (χ3n) is 2.55. The van der Waals surface area contributed by atoms with Crippen molar-refractivity contribution in [3.05, 3.63) is 41.6 Å². The van der Waals surface area contributed by atoms with Crippen LogP contribution in [0.5, 0.6) is 0 Å². The van der Waals surface area contributed by atoms with Gasteiger partial charge in [0.05, 0.1) is 24.4 Å². The first-order chi connectivity index (χ1) is 10.3. The third-order valence-corrected chi connectivity index (χ3v) is 2.55. The van der Waals surface area contributed by atoms with Crippen molar-refractivity contribution in [1.29, 1.82) is 0 Å². The maximum Gasteiger partial charge on any atom is 0.337 e. The van der Waals surface area contributed by atoms with Crippen molar-refractivity contribution in [3.63, 3.8) is 0 Å². The second-order valence-electron chi connectivity index (χ2n) is 4.69. The standard InChI is InChI=1S/C15H18N2O5/c1-9(2)16-14(19)12(8-13(18)22-3)17-11-7-5-4-6-10(11)15(20)21/h4-9,17H,1-3H3,(H,16,19)(H,20,21)/b12-8+. The van der Waals surface area contributed by atoms with Crippen LogP contribution in [0.15, 0.2) is 36.0 Å². The summed E-state index contributed by atoms with van der Waals surface area (Å²) in [5.74, 6) is -2.42. The number of hydrogen-bond donors (Lipinski definition) is 3. The van der Waals surface area contributed by atoms with Crippen LogP contribution >= 0.6 is 0 Å². The first kappa shape index (κ1) is 17.2. The molecule has 0 atom stereocenters. The first-order valence-electron chi connectivity index (χ1n) is 6.55. The highest BCUT2D eigenvalue weighted by Crippen LogP contribution is 2.17. The summed E-state index contributed by atoms with van der Waals surface area (Å²) < 4.78 is 4.50. The molecule has 0 unspecified atom stereocenters. The number of esters is 1. The van der Waals surface area contributed by atoms with Gasteiger partial charge < -0.3 is 20.5 Å². The molecule has 0 saturated heterocycles. The lowest BCUT2D eigenvalue weighted by Crippen LogP contribution is -2.34. The van der Waals surface area contributed by atoms with Crippen LogP contribution in [0.25, 0.3) is 0 Å². The van der Waals surface area contributed by atoms with Crippen molar-refractivity contribution in [3.8, 4) is 0 Å². The van der Waals surface area contributed by atoms with Crippen LogP contribution in [-0.2, 0) is 14.3 Å². The Hall–Kier alpha value is -2.83. The minimum atomic E-state index is -1.15. The van der Waals surface area contributed by atoms with Gasteiger partial charge in [0.1, 0.15) is 5.70 Å². The van der Waals surface area contributed by atoms with E-state index >= 15 is 0 Å². The minimum absolute atomic E-state index is 0.0180. The summed E-state index contributed by atoms with van der Waals surface area (Å²) in [5, 5.41) is 14.4. The number of benzene rings is 1. The maximum atomic E-state index is 12.1. The lowest BCUT2D eigenvalue weighted by atomic mass is 10.1. The number of anilines is 1. The van der Waals surface area contributed by atoms with Crippen LogP contribution in [0.4, 0.5) is 5.69 Å². The SMILES string of the molecule is COC(=O)/C=C(/Nc1ccccc1C(=O)O)C(=O)NC(C)C. The smallest absolute Gasteiger partial charge is 0.337 e. The Morgan fingerprint density at radius 1 is 1.23 bits per heavy atom. The molecule has 0 spiro atoms. The average molecular weight is 306 g/mol. The quantitative estimate of drug-likeness (QED) is 0.542. The van der Waals surface area contributed by atoms with Gasteiger partial charge in [-0.25, -0.2) is 9.59 Å². The average Bonchev–Trinajstić information content (AvgIpc) is 2.45. The Bertz CT molecular complexity index is 608. The number of methoxy groups -OCH3 is 1. The largest absolute Gasteiger partial charge is 0.478 e. The predicted octanol–water partition coefficient (Wildman–Crippen LogP) is 1.38. The maximum absolute atomic E-state index is 12.1. The van der Waals surface area contributed by atoms with Crippen LogP contribution in [0.2, 0.25) is 0 Å². The van der Waals surface area contributed by atoms with Gasteiger partial charge in [-0.2, -0.15) is 0 Å². The molecule has 0 aromatic heterocycles. The summed E-state index contributed by atoms with van der Waals surface area (Å²) >= 11 is 0. The highest BCUT2D eigenvalue weighted by Gasteiger charge is 2.16. The molecule has 1 amide bonds. The molecule has 22 heavy (non-hydrogen) atoms. The third kappa shape index (κ3) is 4.93. The molecule has 1 aromatic carbocycles. The molecule has 0 saturated carbocycles. The molecule has 0 bridgehead atoms. The Balaban J connectivity index is 3.14. The monoisotopic (exact) mass is 306 g/mol. The summed E-state index contributed by atoms with van der Waals surface area (Å²) in [6.07, 6.45) is 0.969. The van der Waals surface area contributed by atoms with Crippen LogP contribution in [0.1, 0.15) is 24.2 Å². The van der Waals surface area contributed by atoms with Crippen molar-refractivity contribution in [2.24, 2.45) is 0 Å². The van der Waals surface area contributed by atoms with E-state index in [0.29, 0.717) is 0 Å². The van der Waals surface area contributed by atoms with Gasteiger partial charge in [-0.1, -0.05) is 12.1 Å². The van der Waals surface area contributed by atoms with Gasteiger partial charge >= 0.3 is 11.9 Å². The number of carboxylic acid groups (broad SMARTS) is 1. The zero-order valence-corrected chi connectivity index (χ0v) is 12.5. The number of para-hydroxylation sites is 1. The topological polar surface area (TPSA) is 105 Å². The van der Waals surface area contributed by atoms with E-state index in [2.05, 4.69) is 15.4 Å². The fourth-order valence-electron chi connectivity index (χ4n) is 1.60. The fourth-order valence-corrected chi connectivity index (χ4v) is 1.60. The van der Waals surface area contributed by atoms with Crippen molar-refractivity contribution in [2.45, 2.75) is 19.9 Å². The second-order valence-corrected chi connectivity index (χ2v) is 4.69. The number of carboxylic acids is 1. The summed E-state index contributed by atoms with van der Waals surface area (Å²) in [4.78, 5) is 34.7. The number of rotatable bonds is 6. The van der Waals surface area contributed by atoms with Crippen molar-refractivity contribution >= 4 is 23.5 Å². The molecule has 7 nitrogen and oxygen atoms in total. The van der Waals surface area contributed by atoms with Gasteiger partial charge in [0.2, 0.25) is 0 Å². The molecule has 0 aliphatic rings. The van der Waals surface area contributed by atoms with E-state index in [4.69, 9.17) is 5.11 Å². The minimum Gasteiger partial charge on any atom is -0.478 e. The lowest BCUT2D eigenvalue weighted by molar-refractivity contribution is -0.135. The molecule has 0 aliphatic heterocycles. The molecule has 118 valence electrons. The number of carbonyl (C=O) groups excluding carboxylic acids is 2. The lowest BCUT2D eigenvalue weighted by Gasteiger charge is -2.14. The van der Waals surface area contributed by atoms with Crippen molar-refractivity contribution < 1.29 is 24.2 Å². The van der Waals surface area contributed by atoms with E-state index in [1.165, 1.54) is 19.2 Å². The van der Waals surface area contributed by atoms with Gasteiger partial charge in [0.15, 0.2) is 0 Å². The summed E-state index contributed by atoms with van der Waals surface area (Å²) in [6, 6.07) is 5.92. The van der Waals surface area contributed by atoms with E-state index in [-0.39, 0.29) is 23.0 Å². The Morgan fingerprint density at radius 2 is 1.86 bits per heavy atom. The number of hydrogen-bond acceptors (Lipinski definition) is 5. The fraction of sp³-hybridized carbons (Fsp3) is 0.267. The Morgan fingerprint density at radius 3 is 2.41 bits per heavy atom. The van der Waals surface area contributed by atoms with E-state index < -0.39 is 17.8 Å². The Labute approximate surface area is 128 Å². The van der Waals surface area contributed by atoms with E-state index in [1.54, 1.807) is 26.0 Å². The number of carbonyl (C=O) groups is 3. The van der Waals surface area contributed by atoms with Crippen LogP contribution in [0.3, 0.4) is 0 Å². The zero-order valence-electron chi connectivity index (χ0n) is 12.5. The van der Waals surface area contributed by atoms with E-state index in [0.717, 1.165) is 6.08 Å². The van der Waals surface area contributed by atoms with Gasteiger partial charge in [-0.05, 0) is 26.0 Å². The number of amides is 1. The van der Waals surface area contributed by atoms with Gasteiger partial charge in [-0.3, -0.25) is 4.79 Å². The number of ether oxygens (including phenoxy) is 1. The summed E-state index contributed by atoms with van der Waals surface area (Å²) in [6.45, 7) is 3.53. The highest BCUT2D eigenvalue weighted by atomic mass is 16.5. The Kier molecular flexibility index (Phi) is 6.12. The predicted molar refractivity (Wildman–Crippen MR) is 80.4 cm³/mol. The molecule has 0 radical (unpaired) electrons. The number of nitrogens with one attached hydrogen (secondary N) is 2. The highest BCUT2D eigenvalue weighted by molar-refractivity contribution is 6.03. The molecule has 1 rings (SSSR count).